The SMILES string of the molecule is NC1CCC(NCCCCCO)CC1. The number of hydrogen-bond acceptors (Lipinski definition) is 3. The molecule has 0 unspecified atom stereocenters. The Bertz CT molecular complexity index is 133. The summed E-state index contributed by atoms with van der Waals surface area (Å²) in [6.45, 7) is 1.43. The zero-order valence-corrected chi connectivity index (χ0v) is 9.04. The Morgan fingerprint density at radius 1 is 1.07 bits per heavy atom. The van der Waals surface area contributed by atoms with Crippen LogP contribution in [0.2, 0.25) is 0 Å². The minimum Gasteiger partial charge on any atom is -0.396 e. The Labute approximate surface area is 87.1 Å². The average Bonchev–Trinajstić information content (AvgIpc) is 2.21. The van der Waals surface area contributed by atoms with Crippen molar-refractivity contribution in [3.8, 4) is 0 Å². The standard InChI is InChI=1S/C11H24N2O/c12-10-4-6-11(7-5-10)13-8-2-1-3-9-14/h10-11,13-14H,1-9,12H2. The van der Waals surface area contributed by atoms with Crippen LogP contribution >= 0.6 is 0 Å². The van der Waals surface area contributed by atoms with Gasteiger partial charge < -0.3 is 16.2 Å². The molecule has 0 atom stereocenters. The number of unbranched alkanes of at least 4 members (excludes halogenated alkanes) is 2. The molecule has 3 heteroatoms. The average molecular weight is 200 g/mol. The normalized spacial score (nSPS) is 27.9. The first-order valence-corrected chi connectivity index (χ1v) is 5.92. The fourth-order valence-corrected chi connectivity index (χ4v) is 2.04. The maximum Gasteiger partial charge on any atom is 0.0431 e. The Morgan fingerprint density at radius 3 is 2.43 bits per heavy atom. The van der Waals surface area contributed by atoms with Gasteiger partial charge in [0, 0.05) is 18.7 Å². The number of aliphatic hydroxyl groups excluding tert-OH is 1. The largest absolute Gasteiger partial charge is 0.396 e. The smallest absolute Gasteiger partial charge is 0.0431 e. The molecule has 84 valence electrons. The van der Waals surface area contributed by atoms with Gasteiger partial charge in [0.15, 0.2) is 0 Å². The van der Waals surface area contributed by atoms with Crippen molar-refractivity contribution in [2.24, 2.45) is 5.73 Å². The van der Waals surface area contributed by atoms with Crippen molar-refractivity contribution in [3.63, 3.8) is 0 Å². The van der Waals surface area contributed by atoms with E-state index in [-0.39, 0.29) is 0 Å². The fourth-order valence-electron chi connectivity index (χ4n) is 2.04. The Hall–Kier alpha value is -0.120. The number of nitrogens with two attached hydrogens (primary N) is 1. The van der Waals surface area contributed by atoms with Crippen LogP contribution in [0.3, 0.4) is 0 Å². The molecule has 4 N–H and O–H groups in total. The van der Waals surface area contributed by atoms with Gasteiger partial charge in [0.05, 0.1) is 0 Å². The maximum atomic E-state index is 8.61. The molecule has 1 fully saturated rings. The zero-order chi connectivity index (χ0) is 10.2. The summed E-state index contributed by atoms with van der Waals surface area (Å²) in [6, 6.07) is 1.14. The lowest BCUT2D eigenvalue weighted by molar-refractivity contribution is 0.281. The predicted molar refractivity (Wildman–Crippen MR) is 59.2 cm³/mol. The van der Waals surface area contributed by atoms with Crippen LogP contribution in [0.25, 0.3) is 0 Å². The first-order valence-electron chi connectivity index (χ1n) is 5.92. The van der Waals surface area contributed by atoms with Crippen LogP contribution < -0.4 is 11.1 Å². The van der Waals surface area contributed by atoms with Gasteiger partial charge in [0.2, 0.25) is 0 Å². The van der Waals surface area contributed by atoms with Crippen LogP contribution in [-0.4, -0.2) is 30.3 Å². The van der Waals surface area contributed by atoms with E-state index < -0.39 is 0 Å². The van der Waals surface area contributed by atoms with Crippen LogP contribution in [0.1, 0.15) is 44.9 Å². The third-order valence-electron chi connectivity index (χ3n) is 3.04. The summed E-state index contributed by atoms with van der Waals surface area (Å²) < 4.78 is 0. The van der Waals surface area contributed by atoms with Crippen molar-refractivity contribution in [3.05, 3.63) is 0 Å². The zero-order valence-electron chi connectivity index (χ0n) is 9.04. The van der Waals surface area contributed by atoms with Gasteiger partial charge in [-0.15, -0.1) is 0 Å². The van der Waals surface area contributed by atoms with Gasteiger partial charge in [0.25, 0.3) is 0 Å². The maximum absolute atomic E-state index is 8.61. The summed E-state index contributed by atoms with van der Waals surface area (Å²) in [5, 5.41) is 12.2. The summed E-state index contributed by atoms with van der Waals surface area (Å²) in [4.78, 5) is 0. The van der Waals surface area contributed by atoms with E-state index >= 15 is 0 Å². The predicted octanol–water partition coefficient (Wildman–Crippen LogP) is 1.01. The van der Waals surface area contributed by atoms with Gasteiger partial charge in [-0.3, -0.25) is 0 Å². The molecule has 0 saturated heterocycles. The van der Waals surface area contributed by atoms with Crippen molar-refractivity contribution in [1.29, 1.82) is 0 Å². The van der Waals surface area contributed by atoms with Crippen molar-refractivity contribution in [2.45, 2.75) is 57.0 Å². The molecule has 0 aromatic carbocycles. The third kappa shape index (κ3) is 4.94. The van der Waals surface area contributed by atoms with Gasteiger partial charge in [0.1, 0.15) is 0 Å². The van der Waals surface area contributed by atoms with Crippen molar-refractivity contribution >= 4 is 0 Å². The molecule has 3 nitrogen and oxygen atoms in total. The highest BCUT2D eigenvalue weighted by atomic mass is 16.2. The first kappa shape index (κ1) is 12.0. The minimum absolute atomic E-state index is 0.332. The molecule has 0 aromatic heterocycles. The van der Waals surface area contributed by atoms with Crippen LogP contribution in [-0.2, 0) is 0 Å². The van der Waals surface area contributed by atoms with Gasteiger partial charge >= 0.3 is 0 Å². The number of hydrogen-bond donors (Lipinski definition) is 3. The quantitative estimate of drug-likeness (QED) is 0.561. The third-order valence-corrected chi connectivity index (χ3v) is 3.04. The van der Waals surface area contributed by atoms with Crippen LogP contribution in [0.5, 0.6) is 0 Å². The monoisotopic (exact) mass is 200 g/mol. The van der Waals surface area contributed by atoms with Crippen molar-refractivity contribution < 1.29 is 5.11 Å². The van der Waals surface area contributed by atoms with E-state index in [2.05, 4.69) is 5.32 Å². The van der Waals surface area contributed by atoms with Gasteiger partial charge in [-0.05, 0) is 51.5 Å². The lowest BCUT2D eigenvalue weighted by Gasteiger charge is -2.26. The highest BCUT2D eigenvalue weighted by molar-refractivity contribution is 4.78. The molecule has 0 radical (unpaired) electrons. The fraction of sp³-hybridized carbons (Fsp3) is 1.00. The van der Waals surface area contributed by atoms with Crippen molar-refractivity contribution in [1.82, 2.24) is 5.32 Å². The highest BCUT2D eigenvalue weighted by Gasteiger charge is 2.17. The van der Waals surface area contributed by atoms with Gasteiger partial charge in [-0.25, -0.2) is 0 Å². The Kier molecular flexibility index (Phi) is 6.15. The highest BCUT2D eigenvalue weighted by Crippen LogP contribution is 2.16. The van der Waals surface area contributed by atoms with E-state index in [1.54, 1.807) is 0 Å². The first-order chi connectivity index (χ1) is 6.83. The molecule has 1 aliphatic carbocycles. The van der Waals surface area contributed by atoms with Crippen molar-refractivity contribution in [2.75, 3.05) is 13.2 Å². The molecule has 0 heterocycles. The Morgan fingerprint density at radius 2 is 1.79 bits per heavy atom. The molecular weight excluding hydrogens is 176 g/mol. The molecule has 0 spiro atoms. The summed E-state index contributed by atoms with van der Waals surface area (Å²) in [5.41, 5.74) is 5.84. The molecule has 1 rings (SSSR count). The number of rotatable bonds is 6. The Balaban J connectivity index is 1.91. The molecule has 0 amide bonds. The second-order valence-electron chi connectivity index (χ2n) is 4.35. The lowest BCUT2D eigenvalue weighted by Crippen LogP contribution is -2.37. The summed E-state index contributed by atoms with van der Waals surface area (Å²) >= 11 is 0. The molecule has 1 saturated carbocycles. The molecular formula is C11H24N2O. The van der Waals surface area contributed by atoms with Gasteiger partial charge in [-0.2, -0.15) is 0 Å². The van der Waals surface area contributed by atoms with Crippen LogP contribution in [0.15, 0.2) is 0 Å². The van der Waals surface area contributed by atoms with E-state index in [9.17, 15) is 0 Å². The second-order valence-corrected chi connectivity index (χ2v) is 4.35. The van der Waals surface area contributed by atoms with E-state index in [0.717, 1.165) is 19.4 Å². The number of aliphatic hydroxyl groups is 1. The lowest BCUT2D eigenvalue weighted by atomic mass is 9.92. The summed E-state index contributed by atoms with van der Waals surface area (Å²) in [7, 11) is 0. The second kappa shape index (κ2) is 7.21. The van der Waals surface area contributed by atoms with Crippen LogP contribution in [0, 0.1) is 0 Å². The van der Waals surface area contributed by atoms with E-state index in [1.807, 2.05) is 0 Å². The van der Waals surface area contributed by atoms with E-state index in [4.69, 9.17) is 10.8 Å². The van der Waals surface area contributed by atoms with E-state index in [1.165, 1.54) is 32.1 Å². The number of nitrogens with one attached hydrogen (secondary N) is 1. The molecule has 0 aliphatic heterocycles. The summed E-state index contributed by atoms with van der Waals surface area (Å²) in [5.74, 6) is 0. The minimum atomic E-state index is 0.332. The molecule has 1 aliphatic rings. The topological polar surface area (TPSA) is 58.3 Å². The van der Waals surface area contributed by atoms with E-state index in [0.29, 0.717) is 18.7 Å². The molecule has 0 bridgehead atoms. The molecule has 14 heavy (non-hydrogen) atoms. The van der Waals surface area contributed by atoms with Gasteiger partial charge in [-0.1, -0.05) is 0 Å². The van der Waals surface area contributed by atoms with Crippen LogP contribution in [0.4, 0.5) is 0 Å². The summed E-state index contributed by atoms with van der Waals surface area (Å²) in [6.07, 6.45) is 8.08. The molecule has 0 aromatic rings.